The highest BCUT2D eigenvalue weighted by Gasteiger charge is 2.18. The minimum atomic E-state index is -0.833. The molecule has 0 aromatic carbocycles. The van der Waals surface area contributed by atoms with Gasteiger partial charge in [-0.15, -0.1) is 0 Å². The van der Waals surface area contributed by atoms with Crippen molar-refractivity contribution in [2.75, 3.05) is 20.6 Å². The second-order valence-corrected chi connectivity index (χ2v) is 3.62. The first-order chi connectivity index (χ1) is 7.32. The molecule has 0 aromatic rings. The number of likely N-dealkylation sites (N-methyl/N-ethyl adjacent to an activating group) is 1. The molecule has 0 rings (SSSR count). The topological polar surface area (TPSA) is 104 Å². The van der Waals surface area contributed by atoms with Crippen LogP contribution in [0, 0.1) is 0 Å². The van der Waals surface area contributed by atoms with Crippen LogP contribution in [0.25, 0.3) is 0 Å². The smallest absolute Gasteiger partial charge is 0.320 e. The van der Waals surface area contributed by atoms with E-state index in [4.69, 9.17) is 20.7 Å². The lowest BCUT2D eigenvalue weighted by molar-refractivity contribution is -0.142. The van der Waals surface area contributed by atoms with Crippen LogP contribution in [-0.4, -0.2) is 53.7 Å². The lowest BCUT2D eigenvalue weighted by Gasteiger charge is -2.19. The molecule has 0 bridgehead atoms. The second-order valence-electron chi connectivity index (χ2n) is 3.62. The van der Waals surface area contributed by atoms with Gasteiger partial charge in [0.2, 0.25) is 0 Å². The summed E-state index contributed by atoms with van der Waals surface area (Å²) in [6, 6.07) is -0.364. The molecular formula is C10H22N2O4. The van der Waals surface area contributed by atoms with E-state index in [2.05, 4.69) is 0 Å². The number of carbonyl (C=O) groups is 2. The van der Waals surface area contributed by atoms with Crippen molar-refractivity contribution < 1.29 is 19.8 Å². The number of aliphatic carboxylic acids is 2. The molecule has 0 spiro atoms. The van der Waals surface area contributed by atoms with E-state index in [0.29, 0.717) is 13.0 Å². The van der Waals surface area contributed by atoms with Crippen LogP contribution in [0.15, 0.2) is 0 Å². The Morgan fingerprint density at radius 1 is 1.25 bits per heavy atom. The molecule has 6 heteroatoms. The van der Waals surface area contributed by atoms with E-state index in [0.717, 1.165) is 19.8 Å². The monoisotopic (exact) mass is 234 g/mol. The summed E-state index contributed by atoms with van der Waals surface area (Å²) in [4.78, 5) is 21.4. The summed E-state index contributed by atoms with van der Waals surface area (Å²) in [6.07, 6.45) is 2.46. The van der Waals surface area contributed by atoms with E-state index >= 15 is 0 Å². The Hall–Kier alpha value is -1.14. The van der Waals surface area contributed by atoms with Gasteiger partial charge < -0.3 is 15.9 Å². The van der Waals surface area contributed by atoms with Crippen molar-refractivity contribution in [3.8, 4) is 0 Å². The van der Waals surface area contributed by atoms with Crippen LogP contribution in [0.5, 0.6) is 0 Å². The van der Waals surface area contributed by atoms with Crippen LogP contribution in [0.2, 0.25) is 0 Å². The van der Waals surface area contributed by atoms with Gasteiger partial charge in [0.25, 0.3) is 5.97 Å². The lowest BCUT2D eigenvalue weighted by atomic mass is 10.1. The molecule has 0 saturated carbocycles. The molecule has 0 saturated heterocycles. The molecule has 0 aliphatic rings. The van der Waals surface area contributed by atoms with E-state index in [9.17, 15) is 4.79 Å². The van der Waals surface area contributed by atoms with Crippen LogP contribution in [0.4, 0.5) is 0 Å². The minimum Gasteiger partial charge on any atom is -0.481 e. The molecule has 0 heterocycles. The number of carboxylic acids is 2. The maximum atomic E-state index is 10.7. The second kappa shape index (κ2) is 10.4. The summed E-state index contributed by atoms with van der Waals surface area (Å²) in [5.74, 6) is -1.59. The van der Waals surface area contributed by atoms with Crippen LogP contribution in [0.3, 0.4) is 0 Å². The molecule has 1 atom stereocenters. The minimum absolute atomic E-state index is 0.364. The maximum absolute atomic E-state index is 10.7. The normalized spacial score (nSPS) is 11.6. The zero-order chi connectivity index (χ0) is 13.1. The first-order valence-corrected chi connectivity index (χ1v) is 5.11. The van der Waals surface area contributed by atoms with Crippen LogP contribution in [-0.2, 0) is 9.59 Å². The van der Waals surface area contributed by atoms with E-state index in [-0.39, 0.29) is 6.04 Å². The third-order valence-electron chi connectivity index (χ3n) is 1.84. The average molecular weight is 234 g/mol. The lowest BCUT2D eigenvalue weighted by Crippen LogP contribution is -2.35. The van der Waals surface area contributed by atoms with Gasteiger partial charge in [0, 0.05) is 6.92 Å². The number of nitrogens with two attached hydrogens (primary N) is 1. The van der Waals surface area contributed by atoms with E-state index in [1.54, 1.807) is 19.0 Å². The van der Waals surface area contributed by atoms with Gasteiger partial charge in [-0.25, -0.2) is 0 Å². The maximum Gasteiger partial charge on any atom is 0.320 e. The number of unbranched alkanes of at least 4 members (excludes halogenated alkanes) is 1. The summed E-state index contributed by atoms with van der Waals surface area (Å²) < 4.78 is 0. The summed E-state index contributed by atoms with van der Waals surface area (Å²) in [5, 5.41) is 16.2. The molecule has 0 amide bonds. The predicted molar refractivity (Wildman–Crippen MR) is 61.3 cm³/mol. The van der Waals surface area contributed by atoms with Crippen LogP contribution in [0.1, 0.15) is 26.2 Å². The Balaban J connectivity index is 0. The summed E-state index contributed by atoms with van der Waals surface area (Å²) in [5.41, 5.74) is 5.31. The number of hydrogen-bond acceptors (Lipinski definition) is 4. The first-order valence-electron chi connectivity index (χ1n) is 5.11. The fourth-order valence-electron chi connectivity index (χ4n) is 1.08. The molecule has 0 aliphatic carbocycles. The molecule has 96 valence electrons. The third kappa shape index (κ3) is 12.9. The van der Waals surface area contributed by atoms with E-state index in [1.165, 1.54) is 0 Å². The predicted octanol–water partition coefficient (Wildman–Crippen LogP) is 0.221. The van der Waals surface area contributed by atoms with Crippen molar-refractivity contribution in [3.05, 3.63) is 0 Å². The molecule has 0 radical (unpaired) electrons. The van der Waals surface area contributed by atoms with Crippen LogP contribution >= 0.6 is 0 Å². The first kappa shape index (κ1) is 17.3. The van der Waals surface area contributed by atoms with E-state index < -0.39 is 11.9 Å². The Labute approximate surface area is 96.0 Å². The molecule has 0 aliphatic heterocycles. The van der Waals surface area contributed by atoms with E-state index in [1.807, 2.05) is 0 Å². The molecule has 0 fully saturated rings. The molecule has 6 nitrogen and oxygen atoms in total. The summed E-state index contributed by atoms with van der Waals surface area (Å²) in [6.45, 7) is 1.72. The summed E-state index contributed by atoms with van der Waals surface area (Å²) >= 11 is 0. The number of carboxylic acid groups (broad SMARTS) is 2. The van der Waals surface area contributed by atoms with Gasteiger partial charge in [0.1, 0.15) is 6.04 Å². The van der Waals surface area contributed by atoms with Gasteiger partial charge in [-0.1, -0.05) is 6.42 Å². The highest BCUT2D eigenvalue weighted by molar-refractivity contribution is 5.73. The van der Waals surface area contributed by atoms with Crippen LogP contribution < -0.4 is 5.73 Å². The zero-order valence-electron chi connectivity index (χ0n) is 10.1. The van der Waals surface area contributed by atoms with Crippen molar-refractivity contribution in [2.45, 2.75) is 32.2 Å². The van der Waals surface area contributed by atoms with Crippen molar-refractivity contribution in [3.63, 3.8) is 0 Å². The average Bonchev–Trinajstić information content (AvgIpc) is 2.10. The number of nitrogens with zero attached hydrogens (tertiary/aromatic N) is 1. The molecule has 0 unspecified atom stereocenters. The van der Waals surface area contributed by atoms with Gasteiger partial charge >= 0.3 is 5.97 Å². The molecular weight excluding hydrogens is 212 g/mol. The Morgan fingerprint density at radius 3 is 1.94 bits per heavy atom. The quantitative estimate of drug-likeness (QED) is 0.568. The van der Waals surface area contributed by atoms with Gasteiger partial charge in [0.05, 0.1) is 0 Å². The van der Waals surface area contributed by atoms with Crippen molar-refractivity contribution in [1.82, 2.24) is 4.90 Å². The zero-order valence-corrected chi connectivity index (χ0v) is 10.1. The molecule has 4 N–H and O–H groups in total. The fraction of sp³-hybridized carbons (Fsp3) is 0.800. The van der Waals surface area contributed by atoms with Crippen molar-refractivity contribution in [1.29, 1.82) is 0 Å². The van der Waals surface area contributed by atoms with Crippen molar-refractivity contribution >= 4 is 11.9 Å². The van der Waals surface area contributed by atoms with Gasteiger partial charge in [0.15, 0.2) is 0 Å². The van der Waals surface area contributed by atoms with Gasteiger partial charge in [-0.05, 0) is 33.5 Å². The van der Waals surface area contributed by atoms with Gasteiger partial charge in [-0.3, -0.25) is 14.5 Å². The fourth-order valence-corrected chi connectivity index (χ4v) is 1.08. The largest absolute Gasteiger partial charge is 0.481 e. The standard InChI is InChI=1S/C8H18N2O2.C2H4O2/c1-10(2)7(8(11)12)5-3-4-6-9;1-2(3)4/h7H,3-6,9H2,1-2H3,(H,11,12);1H3,(H,3,4)/t7-;/m0./s1. The Morgan fingerprint density at radius 2 is 1.69 bits per heavy atom. The van der Waals surface area contributed by atoms with Crippen molar-refractivity contribution in [2.24, 2.45) is 5.73 Å². The third-order valence-corrected chi connectivity index (χ3v) is 1.84. The highest BCUT2D eigenvalue weighted by atomic mass is 16.4. The summed E-state index contributed by atoms with van der Waals surface area (Å²) in [7, 11) is 3.56. The molecule has 0 aromatic heterocycles. The molecule has 16 heavy (non-hydrogen) atoms. The SMILES string of the molecule is CC(=O)O.CN(C)[C@@H](CCCCN)C(=O)O. The number of rotatable bonds is 6. The number of hydrogen-bond donors (Lipinski definition) is 3. The Bertz CT molecular complexity index is 203. The highest BCUT2D eigenvalue weighted by Crippen LogP contribution is 2.05. The Kier molecular flexibility index (Phi) is 11.2. The van der Waals surface area contributed by atoms with Gasteiger partial charge in [-0.2, -0.15) is 0 Å².